The Bertz CT molecular complexity index is 919. The summed E-state index contributed by atoms with van der Waals surface area (Å²) in [7, 11) is 0. The topological polar surface area (TPSA) is 160 Å². The number of ether oxygens (including phenoxy) is 1. The van der Waals surface area contributed by atoms with Gasteiger partial charge in [-0.1, -0.05) is 25.5 Å². The van der Waals surface area contributed by atoms with Crippen LogP contribution < -0.4 is 21.3 Å². The first kappa shape index (κ1) is 32.4. The highest BCUT2D eigenvalue weighted by atomic mass is 16.5. The largest absolute Gasteiger partial charge is 0.380 e. The molecule has 1 aromatic rings. The van der Waals surface area contributed by atoms with Gasteiger partial charge < -0.3 is 30.8 Å². The van der Waals surface area contributed by atoms with E-state index in [1.165, 1.54) is 6.92 Å². The molecule has 0 bridgehead atoms. The molecule has 0 aliphatic carbocycles. The van der Waals surface area contributed by atoms with Crippen LogP contribution in [0.2, 0.25) is 0 Å². The van der Waals surface area contributed by atoms with E-state index >= 15 is 0 Å². The Hall–Kier alpha value is -3.60. The maximum atomic E-state index is 12.1. The number of anilines is 1. The SMILES string of the molecule is CC(=O)CC(=O)Cc1ccc(NC(=O)CC(=O)NCCOCCCNC(=O)NCCCCC(C)C=O)cc1. The second-order valence-electron chi connectivity index (χ2n) is 9.12. The van der Waals surface area contributed by atoms with Gasteiger partial charge in [0.15, 0.2) is 0 Å². The molecule has 1 aromatic carbocycles. The number of benzene rings is 1. The lowest BCUT2D eigenvalue weighted by molar-refractivity contribution is -0.128. The third kappa shape index (κ3) is 17.0. The van der Waals surface area contributed by atoms with Crippen molar-refractivity contribution in [1.29, 1.82) is 0 Å². The Morgan fingerprint density at radius 1 is 0.842 bits per heavy atom. The molecule has 1 unspecified atom stereocenters. The average Bonchev–Trinajstić information content (AvgIpc) is 2.85. The normalized spacial score (nSPS) is 11.2. The highest BCUT2D eigenvalue weighted by Crippen LogP contribution is 2.11. The van der Waals surface area contributed by atoms with Gasteiger partial charge in [-0.25, -0.2) is 4.79 Å². The average molecular weight is 533 g/mol. The molecule has 0 saturated heterocycles. The standard InChI is InChI=1S/C27H40N4O7/c1-20(19-32)6-3-4-11-29-27(37)30-12-5-14-38-15-13-28-25(35)18-26(36)31-23-9-7-22(8-10-23)17-24(34)16-21(2)33/h7-10,19-20H,3-6,11-18H2,1-2H3,(H,28,35)(H,31,36)(H2,29,30,37). The van der Waals surface area contributed by atoms with Crippen LogP contribution in [0.4, 0.5) is 10.5 Å². The molecule has 0 spiro atoms. The first-order valence-electron chi connectivity index (χ1n) is 12.9. The fraction of sp³-hybridized carbons (Fsp3) is 0.556. The van der Waals surface area contributed by atoms with Crippen LogP contribution in [0.1, 0.15) is 57.9 Å². The predicted molar refractivity (Wildman–Crippen MR) is 143 cm³/mol. The number of aldehydes is 1. The summed E-state index contributed by atoms with van der Waals surface area (Å²) in [6.07, 6.45) is 3.79. The summed E-state index contributed by atoms with van der Waals surface area (Å²) < 4.78 is 5.41. The van der Waals surface area contributed by atoms with Crippen molar-refractivity contribution in [3.05, 3.63) is 29.8 Å². The van der Waals surface area contributed by atoms with Crippen LogP contribution in [0.5, 0.6) is 0 Å². The van der Waals surface area contributed by atoms with Crippen molar-refractivity contribution in [3.8, 4) is 0 Å². The second-order valence-corrected chi connectivity index (χ2v) is 9.12. The number of unbranched alkanes of at least 4 members (excludes halogenated alkanes) is 1. The highest BCUT2D eigenvalue weighted by Gasteiger charge is 2.10. The fourth-order valence-electron chi connectivity index (χ4n) is 3.35. The van der Waals surface area contributed by atoms with Crippen molar-refractivity contribution in [2.45, 2.75) is 58.8 Å². The van der Waals surface area contributed by atoms with Crippen LogP contribution in [0, 0.1) is 5.92 Å². The van der Waals surface area contributed by atoms with Crippen molar-refractivity contribution >= 4 is 41.4 Å². The summed E-state index contributed by atoms with van der Waals surface area (Å²) >= 11 is 0. The van der Waals surface area contributed by atoms with Gasteiger partial charge in [0.2, 0.25) is 11.8 Å². The van der Waals surface area contributed by atoms with E-state index in [4.69, 9.17) is 4.74 Å². The molecule has 0 aliphatic rings. The molecule has 0 radical (unpaired) electrons. The molecule has 210 valence electrons. The molecule has 11 nitrogen and oxygen atoms in total. The van der Waals surface area contributed by atoms with Crippen LogP contribution >= 0.6 is 0 Å². The number of nitrogens with one attached hydrogen (secondary N) is 4. The first-order valence-corrected chi connectivity index (χ1v) is 12.9. The number of ketones is 2. The lowest BCUT2D eigenvalue weighted by Gasteiger charge is -2.09. The number of hydrogen-bond acceptors (Lipinski definition) is 7. The van der Waals surface area contributed by atoms with Crippen molar-refractivity contribution in [3.63, 3.8) is 0 Å². The molecule has 0 aromatic heterocycles. The van der Waals surface area contributed by atoms with E-state index < -0.39 is 11.8 Å². The molecule has 1 atom stereocenters. The zero-order chi connectivity index (χ0) is 28.2. The smallest absolute Gasteiger partial charge is 0.314 e. The maximum Gasteiger partial charge on any atom is 0.314 e. The van der Waals surface area contributed by atoms with Crippen LogP contribution in [0.15, 0.2) is 24.3 Å². The summed E-state index contributed by atoms with van der Waals surface area (Å²) in [5, 5.41) is 10.7. The highest BCUT2D eigenvalue weighted by molar-refractivity contribution is 6.03. The summed E-state index contributed by atoms with van der Waals surface area (Å²) in [5.41, 5.74) is 1.24. The predicted octanol–water partition coefficient (Wildman–Crippen LogP) is 1.93. The van der Waals surface area contributed by atoms with E-state index in [-0.39, 0.29) is 55.9 Å². The minimum absolute atomic E-state index is 0.0533. The number of amides is 4. The van der Waals surface area contributed by atoms with Crippen LogP contribution in [0.3, 0.4) is 0 Å². The van der Waals surface area contributed by atoms with E-state index in [1.807, 2.05) is 6.92 Å². The summed E-state index contributed by atoms with van der Waals surface area (Å²) in [4.78, 5) is 68.9. The molecular weight excluding hydrogens is 492 g/mol. The van der Waals surface area contributed by atoms with Gasteiger partial charge >= 0.3 is 6.03 Å². The lowest BCUT2D eigenvalue weighted by Crippen LogP contribution is -2.36. The lowest BCUT2D eigenvalue weighted by atomic mass is 10.1. The summed E-state index contributed by atoms with van der Waals surface area (Å²) in [5.74, 6) is -1.19. The third-order valence-electron chi connectivity index (χ3n) is 5.33. The number of hydrogen-bond donors (Lipinski definition) is 4. The molecule has 0 heterocycles. The number of urea groups is 1. The van der Waals surface area contributed by atoms with Crippen molar-refractivity contribution in [2.24, 2.45) is 5.92 Å². The molecule has 4 N–H and O–H groups in total. The number of carbonyl (C=O) groups excluding carboxylic acids is 6. The minimum atomic E-state index is -0.469. The van der Waals surface area contributed by atoms with Crippen molar-refractivity contribution in [1.82, 2.24) is 16.0 Å². The molecular formula is C27H40N4O7. The van der Waals surface area contributed by atoms with E-state index in [0.717, 1.165) is 31.1 Å². The van der Waals surface area contributed by atoms with Gasteiger partial charge in [0.1, 0.15) is 24.3 Å². The van der Waals surface area contributed by atoms with Crippen LogP contribution in [-0.2, 0) is 35.1 Å². The monoisotopic (exact) mass is 532 g/mol. The number of rotatable bonds is 20. The van der Waals surface area contributed by atoms with Gasteiger partial charge in [-0.15, -0.1) is 0 Å². The van der Waals surface area contributed by atoms with Crippen molar-refractivity contribution < 1.29 is 33.5 Å². The van der Waals surface area contributed by atoms with E-state index in [2.05, 4.69) is 21.3 Å². The van der Waals surface area contributed by atoms with Gasteiger partial charge in [-0.2, -0.15) is 0 Å². The fourth-order valence-corrected chi connectivity index (χ4v) is 3.35. The second kappa shape index (κ2) is 19.5. The molecule has 0 fully saturated rings. The molecule has 4 amide bonds. The summed E-state index contributed by atoms with van der Waals surface area (Å²) in [6, 6.07) is 6.41. The maximum absolute atomic E-state index is 12.1. The van der Waals surface area contributed by atoms with Gasteiger partial charge in [-0.05, 0) is 43.9 Å². The zero-order valence-electron chi connectivity index (χ0n) is 22.3. The minimum Gasteiger partial charge on any atom is -0.380 e. The third-order valence-corrected chi connectivity index (χ3v) is 5.33. The summed E-state index contributed by atoms with van der Waals surface area (Å²) in [6.45, 7) is 5.21. The van der Waals surface area contributed by atoms with Crippen LogP contribution in [0.25, 0.3) is 0 Å². The van der Waals surface area contributed by atoms with Gasteiger partial charge in [-0.3, -0.25) is 19.2 Å². The van der Waals surface area contributed by atoms with Gasteiger partial charge in [0.05, 0.1) is 13.0 Å². The van der Waals surface area contributed by atoms with Crippen molar-refractivity contribution in [2.75, 3.05) is 38.2 Å². The Balaban J connectivity index is 2.05. The number of carbonyl (C=O) groups is 6. The van der Waals surface area contributed by atoms with Gasteiger partial charge in [0, 0.05) is 44.3 Å². The number of Topliss-reactive ketones (excluding diaryl/α,β-unsaturated/α-hetero) is 2. The Labute approximate surface area is 223 Å². The Morgan fingerprint density at radius 2 is 1.53 bits per heavy atom. The van der Waals surface area contributed by atoms with E-state index in [0.29, 0.717) is 31.8 Å². The Kier molecular flexibility index (Phi) is 16.6. The molecule has 1 rings (SSSR count). The zero-order valence-corrected chi connectivity index (χ0v) is 22.3. The van der Waals surface area contributed by atoms with E-state index in [9.17, 15) is 28.8 Å². The van der Waals surface area contributed by atoms with Crippen LogP contribution in [-0.4, -0.2) is 68.5 Å². The Morgan fingerprint density at radius 3 is 2.18 bits per heavy atom. The quantitative estimate of drug-likeness (QED) is 0.113. The molecule has 38 heavy (non-hydrogen) atoms. The molecule has 11 heteroatoms. The van der Waals surface area contributed by atoms with Gasteiger partial charge in [0.25, 0.3) is 0 Å². The first-order chi connectivity index (χ1) is 18.2. The molecule has 0 aliphatic heterocycles. The van der Waals surface area contributed by atoms with E-state index in [1.54, 1.807) is 24.3 Å². The molecule has 0 saturated carbocycles.